The van der Waals surface area contributed by atoms with E-state index in [0.717, 1.165) is 5.56 Å². The monoisotopic (exact) mass is 343 g/mol. The molecule has 1 aliphatic rings. The number of carboxylic acids is 1. The predicted octanol–water partition coefficient (Wildman–Crippen LogP) is 1.09. The highest BCUT2D eigenvalue weighted by atomic mass is 16.4. The minimum atomic E-state index is -0.900. The topological polar surface area (TPSA) is 101 Å². The van der Waals surface area contributed by atoms with Gasteiger partial charge in [-0.05, 0) is 36.3 Å². The summed E-state index contributed by atoms with van der Waals surface area (Å²) < 4.78 is 1.52. The van der Waals surface area contributed by atoms with E-state index in [1.54, 1.807) is 18.7 Å². The fraction of sp³-hybridized carbons (Fsp3) is 0.471. The number of carboxylic acid groups (broad SMARTS) is 1. The van der Waals surface area contributed by atoms with Crippen molar-refractivity contribution in [3.05, 3.63) is 41.7 Å². The molecular weight excluding hydrogens is 322 g/mol. The highest BCUT2D eigenvalue weighted by Gasteiger charge is 2.44. The second-order valence-corrected chi connectivity index (χ2v) is 6.75. The number of likely N-dealkylation sites (tertiary alicyclic amines) is 1. The average molecular weight is 343 g/mol. The van der Waals surface area contributed by atoms with Crippen LogP contribution in [0.5, 0.6) is 0 Å². The van der Waals surface area contributed by atoms with Crippen LogP contribution in [0.25, 0.3) is 0 Å². The van der Waals surface area contributed by atoms with E-state index >= 15 is 0 Å². The molecule has 132 valence electrons. The number of carbonyl (C=O) groups excluding carboxylic acids is 1. The Morgan fingerprint density at radius 3 is 2.60 bits per heavy atom. The zero-order valence-corrected chi connectivity index (χ0v) is 14.3. The van der Waals surface area contributed by atoms with Crippen LogP contribution < -0.4 is 0 Å². The summed E-state index contributed by atoms with van der Waals surface area (Å²) in [5.74, 6) is -0.472. The Morgan fingerprint density at radius 1 is 1.32 bits per heavy atom. The third-order valence-corrected chi connectivity index (χ3v) is 4.81. The molecule has 3 rings (SSSR count). The van der Waals surface area contributed by atoms with Gasteiger partial charge in [-0.25, -0.2) is 4.68 Å². The second kappa shape index (κ2) is 6.62. The molecule has 0 unspecified atom stereocenters. The lowest BCUT2D eigenvalue weighted by Gasteiger charge is -2.25. The van der Waals surface area contributed by atoms with Crippen molar-refractivity contribution in [1.29, 1.82) is 0 Å². The summed E-state index contributed by atoms with van der Waals surface area (Å²) in [6.45, 7) is 4.05. The Kier molecular flexibility index (Phi) is 4.52. The zero-order chi connectivity index (χ0) is 18.0. The maximum Gasteiger partial charge on any atom is 0.311 e. The van der Waals surface area contributed by atoms with Crippen molar-refractivity contribution in [1.82, 2.24) is 25.1 Å². The maximum absolute atomic E-state index is 13.1. The summed E-state index contributed by atoms with van der Waals surface area (Å²) >= 11 is 0. The number of benzene rings is 1. The minimum Gasteiger partial charge on any atom is -0.481 e. The van der Waals surface area contributed by atoms with Crippen molar-refractivity contribution in [2.24, 2.45) is 5.41 Å². The van der Waals surface area contributed by atoms with Gasteiger partial charge in [-0.1, -0.05) is 30.3 Å². The first-order valence-corrected chi connectivity index (χ1v) is 8.21. The smallest absolute Gasteiger partial charge is 0.311 e. The Labute approximate surface area is 145 Å². The van der Waals surface area contributed by atoms with E-state index < -0.39 is 17.4 Å². The molecule has 0 aliphatic carbocycles. The van der Waals surface area contributed by atoms with Gasteiger partial charge in [0.25, 0.3) is 0 Å². The number of rotatable bonds is 5. The lowest BCUT2D eigenvalue weighted by Crippen LogP contribution is -2.40. The van der Waals surface area contributed by atoms with Crippen molar-refractivity contribution < 1.29 is 14.7 Å². The van der Waals surface area contributed by atoms with Crippen LogP contribution in [0.15, 0.2) is 30.3 Å². The molecule has 8 nitrogen and oxygen atoms in total. The highest BCUT2D eigenvalue weighted by Crippen LogP contribution is 2.32. The van der Waals surface area contributed by atoms with Crippen LogP contribution in [0.2, 0.25) is 0 Å². The number of aryl methyl sites for hydroxylation is 1. The highest BCUT2D eigenvalue weighted by molar-refractivity contribution is 5.83. The first kappa shape index (κ1) is 17.1. The Balaban J connectivity index is 1.86. The third-order valence-electron chi connectivity index (χ3n) is 4.81. The predicted molar refractivity (Wildman–Crippen MR) is 88.7 cm³/mol. The van der Waals surface area contributed by atoms with E-state index in [9.17, 15) is 14.7 Å². The van der Waals surface area contributed by atoms with Gasteiger partial charge in [0.05, 0.1) is 5.41 Å². The average Bonchev–Trinajstić information content (AvgIpc) is 3.20. The van der Waals surface area contributed by atoms with E-state index in [4.69, 9.17) is 0 Å². The lowest BCUT2D eigenvalue weighted by molar-refractivity contribution is -0.147. The number of tetrazole rings is 1. The molecule has 25 heavy (non-hydrogen) atoms. The first-order chi connectivity index (χ1) is 11.9. The fourth-order valence-electron chi connectivity index (χ4n) is 3.18. The number of aromatic nitrogens is 4. The summed E-state index contributed by atoms with van der Waals surface area (Å²) in [7, 11) is 0. The number of nitrogens with zero attached hydrogens (tertiary/aromatic N) is 5. The molecule has 0 spiro atoms. The molecule has 1 N–H and O–H groups in total. The number of aliphatic carboxylic acids is 1. The van der Waals surface area contributed by atoms with Gasteiger partial charge in [0.15, 0.2) is 0 Å². The van der Waals surface area contributed by atoms with Gasteiger partial charge in [0, 0.05) is 19.5 Å². The molecular formula is C17H21N5O3. The molecule has 1 amide bonds. The molecule has 1 aliphatic heterocycles. The first-order valence-electron chi connectivity index (χ1n) is 8.21. The van der Waals surface area contributed by atoms with Gasteiger partial charge in [0.2, 0.25) is 5.91 Å². The van der Waals surface area contributed by atoms with Gasteiger partial charge >= 0.3 is 5.97 Å². The molecule has 0 radical (unpaired) electrons. The normalized spacial score (nSPS) is 21.3. The molecule has 1 fully saturated rings. The van der Waals surface area contributed by atoms with Crippen LogP contribution in [0.3, 0.4) is 0 Å². The summed E-state index contributed by atoms with van der Waals surface area (Å²) in [6, 6.07) is 9.06. The van der Waals surface area contributed by atoms with E-state index in [1.165, 1.54) is 4.68 Å². The van der Waals surface area contributed by atoms with Gasteiger partial charge in [-0.15, -0.1) is 5.10 Å². The van der Waals surface area contributed by atoms with Crippen molar-refractivity contribution >= 4 is 11.9 Å². The largest absolute Gasteiger partial charge is 0.481 e. The number of hydrogen-bond acceptors (Lipinski definition) is 5. The van der Waals surface area contributed by atoms with Crippen LogP contribution >= 0.6 is 0 Å². The van der Waals surface area contributed by atoms with Gasteiger partial charge in [-0.2, -0.15) is 0 Å². The van der Waals surface area contributed by atoms with Crippen LogP contribution in [-0.2, 0) is 16.0 Å². The number of amides is 1. The molecule has 2 aromatic rings. The fourth-order valence-corrected chi connectivity index (χ4v) is 3.18. The SMILES string of the molecule is Cc1nnnn1[C@H](Cc1ccccc1)C(=O)N1CC[C@](C)(C(=O)O)C1. The Hall–Kier alpha value is -2.77. The standard InChI is InChI=1S/C17H21N5O3/c1-12-18-19-20-22(12)14(10-13-6-4-3-5-7-13)15(23)21-9-8-17(2,11-21)16(24)25/h3-7,14H,8-11H2,1-2H3,(H,24,25)/t14-,17+/m1/s1. The number of carbonyl (C=O) groups is 2. The van der Waals surface area contributed by atoms with Crippen molar-refractivity contribution in [2.75, 3.05) is 13.1 Å². The molecule has 1 saturated heterocycles. The van der Waals surface area contributed by atoms with Crippen LogP contribution in [0, 0.1) is 12.3 Å². The van der Waals surface area contributed by atoms with E-state index in [2.05, 4.69) is 15.5 Å². The summed E-state index contributed by atoms with van der Waals surface area (Å²) in [5, 5.41) is 20.9. The molecule has 8 heteroatoms. The van der Waals surface area contributed by atoms with Crippen molar-refractivity contribution in [2.45, 2.75) is 32.7 Å². The van der Waals surface area contributed by atoms with Crippen LogP contribution in [0.4, 0.5) is 0 Å². The quantitative estimate of drug-likeness (QED) is 0.872. The molecule has 0 bridgehead atoms. The molecule has 0 saturated carbocycles. The van der Waals surface area contributed by atoms with Gasteiger partial charge in [-0.3, -0.25) is 9.59 Å². The van der Waals surface area contributed by atoms with Crippen molar-refractivity contribution in [3.8, 4) is 0 Å². The van der Waals surface area contributed by atoms with E-state index in [1.807, 2.05) is 30.3 Å². The van der Waals surface area contributed by atoms with Crippen LogP contribution in [0.1, 0.15) is 30.8 Å². The number of hydrogen-bond donors (Lipinski definition) is 1. The van der Waals surface area contributed by atoms with Crippen molar-refractivity contribution in [3.63, 3.8) is 0 Å². The Bertz CT molecular complexity index is 776. The minimum absolute atomic E-state index is 0.149. The van der Waals surface area contributed by atoms with Gasteiger partial charge in [0.1, 0.15) is 11.9 Å². The van der Waals surface area contributed by atoms with E-state index in [-0.39, 0.29) is 12.5 Å². The summed E-state index contributed by atoms with van der Waals surface area (Å²) in [5.41, 5.74) is 0.0961. The van der Waals surface area contributed by atoms with E-state index in [0.29, 0.717) is 25.2 Å². The third kappa shape index (κ3) is 3.38. The lowest BCUT2D eigenvalue weighted by atomic mass is 9.90. The zero-order valence-electron chi connectivity index (χ0n) is 14.3. The Morgan fingerprint density at radius 2 is 2.04 bits per heavy atom. The summed E-state index contributed by atoms with van der Waals surface area (Å²) in [4.78, 5) is 26.2. The molecule has 1 aromatic carbocycles. The van der Waals surface area contributed by atoms with Gasteiger partial charge < -0.3 is 10.0 Å². The molecule has 2 heterocycles. The van der Waals surface area contributed by atoms with Crippen LogP contribution in [-0.4, -0.2) is 55.2 Å². The second-order valence-electron chi connectivity index (χ2n) is 6.75. The summed E-state index contributed by atoms with van der Waals surface area (Å²) in [6.07, 6.45) is 0.895. The molecule has 1 aromatic heterocycles. The molecule has 2 atom stereocenters. The maximum atomic E-state index is 13.1.